The average Bonchev–Trinajstić information content (AvgIpc) is 2.93. The van der Waals surface area contributed by atoms with Crippen molar-refractivity contribution in [2.75, 3.05) is 11.6 Å². The number of ketones is 1. The van der Waals surface area contributed by atoms with Gasteiger partial charge in [-0.05, 0) is 29.8 Å². The van der Waals surface area contributed by atoms with Gasteiger partial charge in [-0.3, -0.25) is 4.79 Å². The monoisotopic (exact) mass is 275 g/mol. The summed E-state index contributed by atoms with van der Waals surface area (Å²) >= 11 is 2.98. The van der Waals surface area contributed by atoms with Crippen molar-refractivity contribution in [2.24, 2.45) is 0 Å². The number of hydrogen-bond acceptors (Lipinski definition) is 4. The van der Waals surface area contributed by atoms with Crippen molar-refractivity contribution < 1.29 is 4.79 Å². The summed E-state index contributed by atoms with van der Waals surface area (Å²) in [6.07, 6.45) is 3.59. The molecule has 0 atom stereocenters. The molecule has 0 aliphatic heterocycles. The highest BCUT2D eigenvalue weighted by molar-refractivity contribution is 8.02. The summed E-state index contributed by atoms with van der Waals surface area (Å²) in [6.45, 7) is 0. The van der Waals surface area contributed by atoms with Gasteiger partial charge in [-0.25, -0.2) is 0 Å². The van der Waals surface area contributed by atoms with Gasteiger partial charge in [0.15, 0.2) is 5.78 Å². The average molecular weight is 275 g/mol. The third-order valence-electron chi connectivity index (χ3n) is 2.29. The molecular formula is C14H13NOS2. The lowest BCUT2D eigenvalue weighted by molar-refractivity contribution is 0.105. The molecule has 2 rings (SSSR count). The Labute approximate surface area is 115 Å². The van der Waals surface area contributed by atoms with Crippen LogP contribution in [0.5, 0.6) is 0 Å². The Morgan fingerprint density at radius 3 is 2.61 bits per heavy atom. The second-order valence-electron chi connectivity index (χ2n) is 3.55. The molecule has 0 unspecified atom stereocenters. The molecule has 0 fully saturated rings. The Morgan fingerprint density at radius 1 is 1.22 bits per heavy atom. The highest BCUT2D eigenvalue weighted by Crippen LogP contribution is 2.18. The van der Waals surface area contributed by atoms with Crippen LogP contribution < -0.4 is 5.32 Å². The summed E-state index contributed by atoms with van der Waals surface area (Å²) in [7, 11) is 0. The lowest BCUT2D eigenvalue weighted by Gasteiger charge is -2.07. The molecule has 2 aromatic rings. The van der Waals surface area contributed by atoms with E-state index >= 15 is 0 Å². The van der Waals surface area contributed by atoms with E-state index < -0.39 is 0 Å². The first-order valence-corrected chi connectivity index (χ1v) is 7.55. The van der Waals surface area contributed by atoms with Gasteiger partial charge < -0.3 is 5.32 Å². The molecule has 1 N–H and O–H groups in total. The van der Waals surface area contributed by atoms with Crippen molar-refractivity contribution in [1.29, 1.82) is 0 Å². The number of nitrogens with one attached hydrogen (secondary N) is 1. The van der Waals surface area contributed by atoms with Gasteiger partial charge >= 0.3 is 0 Å². The van der Waals surface area contributed by atoms with Gasteiger partial charge in [-0.2, -0.15) is 0 Å². The van der Waals surface area contributed by atoms with Gasteiger partial charge in [0.2, 0.25) is 0 Å². The molecule has 18 heavy (non-hydrogen) atoms. The standard InChI is InChI=1S/C14H13NOS2/c1-17-14(15-11-6-3-2-4-7-11)10-12(16)13-8-5-9-18-13/h2-10,15H,1H3/b14-10-. The fourth-order valence-electron chi connectivity index (χ4n) is 1.42. The van der Waals surface area contributed by atoms with Crippen LogP contribution in [0.1, 0.15) is 9.67 Å². The molecule has 2 nitrogen and oxygen atoms in total. The number of anilines is 1. The summed E-state index contributed by atoms with van der Waals surface area (Å²) in [6, 6.07) is 13.5. The predicted octanol–water partition coefficient (Wildman–Crippen LogP) is 4.25. The number of allylic oxidation sites excluding steroid dienone is 1. The maximum atomic E-state index is 11.9. The van der Waals surface area contributed by atoms with Crippen LogP contribution in [0, 0.1) is 0 Å². The molecule has 0 saturated carbocycles. The molecule has 4 heteroatoms. The van der Waals surface area contributed by atoms with Gasteiger partial charge in [0.1, 0.15) is 0 Å². The Kier molecular flexibility index (Phi) is 4.61. The molecular weight excluding hydrogens is 262 g/mol. The number of thiophene rings is 1. The molecule has 1 heterocycles. The molecule has 0 spiro atoms. The minimum absolute atomic E-state index is 0.0396. The van der Waals surface area contributed by atoms with E-state index in [0.29, 0.717) is 0 Å². The van der Waals surface area contributed by atoms with Gasteiger partial charge in [0, 0.05) is 11.8 Å². The first-order valence-electron chi connectivity index (χ1n) is 5.45. The second kappa shape index (κ2) is 6.42. The summed E-state index contributed by atoms with van der Waals surface area (Å²) < 4.78 is 0. The summed E-state index contributed by atoms with van der Waals surface area (Å²) in [4.78, 5) is 12.7. The topological polar surface area (TPSA) is 29.1 Å². The van der Waals surface area contributed by atoms with Crippen LogP contribution in [-0.2, 0) is 0 Å². The van der Waals surface area contributed by atoms with E-state index in [2.05, 4.69) is 5.32 Å². The lowest BCUT2D eigenvalue weighted by Crippen LogP contribution is -1.99. The highest BCUT2D eigenvalue weighted by Gasteiger charge is 2.05. The maximum Gasteiger partial charge on any atom is 0.198 e. The van der Waals surface area contributed by atoms with E-state index in [0.717, 1.165) is 15.6 Å². The van der Waals surface area contributed by atoms with Crippen molar-refractivity contribution in [3.63, 3.8) is 0 Å². The number of hydrogen-bond donors (Lipinski definition) is 1. The molecule has 0 radical (unpaired) electrons. The number of carbonyl (C=O) groups excluding carboxylic acids is 1. The smallest absolute Gasteiger partial charge is 0.198 e. The normalized spacial score (nSPS) is 11.3. The Balaban J connectivity index is 2.11. The van der Waals surface area contributed by atoms with Gasteiger partial charge in [0.05, 0.1) is 9.91 Å². The lowest BCUT2D eigenvalue weighted by atomic mass is 10.3. The second-order valence-corrected chi connectivity index (χ2v) is 5.34. The summed E-state index contributed by atoms with van der Waals surface area (Å²) in [5.74, 6) is 0.0396. The quantitative estimate of drug-likeness (QED) is 0.653. The van der Waals surface area contributed by atoms with E-state index in [1.807, 2.05) is 54.1 Å². The van der Waals surface area contributed by atoms with Gasteiger partial charge in [0.25, 0.3) is 0 Å². The largest absolute Gasteiger partial charge is 0.350 e. The maximum absolute atomic E-state index is 11.9. The predicted molar refractivity (Wildman–Crippen MR) is 80.3 cm³/mol. The number of para-hydroxylation sites is 1. The summed E-state index contributed by atoms with van der Waals surface area (Å²) in [5, 5.41) is 5.98. The van der Waals surface area contributed by atoms with Crippen molar-refractivity contribution in [2.45, 2.75) is 0 Å². The van der Waals surface area contributed by atoms with Crippen LogP contribution >= 0.6 is 23.1 Å². The van der Waals surface area contributed by atoms with Crippen LogP contribution in [-0.4, -0.2) is 12.0 Å². The zero-order valence-electron chi connectivity index (χ0n) is 9.92. The van der Waals surface area contributed by atoms with Gasteiger partial charge in [-0.1, -0.05) is 24.3 Å². The zero-order chi connectivity index (χ0) is 12.8. The van der Waals surface area contributed by atoms with Crippen molar-refractivity contribution in [1.82, 2.24) is 0 Å². The SMILES string of the molecule is CS/C(=C\C(=O)c1cccs1)Nc1ccccc1. The third kappa shape index (κ3) is 3.48. The zero-order valence-corrected chi connectivity index (χ0v) is 11.6. The van der Waals surface area contributed by atoms with Crippen molar-refractivity contribution >= 4 is 34.6 Å². The van der Waals surface area contributed by atoms with Crippen LogP contribution in [0.15, 0.2) is 58.9 Å². The van der Waals surface area contributed by atoms with E-state index in [9.17, 15) is 4.79 Å². The van der Waals surface area contributed by atoms with Crippen LogP contribution in [0.4, 0.5) is 5.69 Å². The summed E-state index contributed by atoms with van der Waals surface area (Å²) in [5.41, 5.74) is 0.983. The van der Waals surface area contributed by atoms with Crippen LogP contribution in [0.2, 0.25) is 0 Å². The molecule has 92 valence electrons. The molecule has 1 aromatic heterocycles. The third-order valence-corrected chi connectivity index (χ3v) is 3.83. The Hall–Kier alpha value is -1.52. The number of benzene rings is 1. The fourth-order valence-corrected chi connectivity index (χ4v) is 2.50. The number of rotatable bonds is 5. The highest BCUT2D eigenvalue weighted by atomic mass is 32.2. The molecule has 1 aromatic carbocycles. The molecule has 0 amide bonds. The van der Waals surface area contributed by atoms with E-state index in [4.69, 9.17) is 0 Å². The van der Waals surface area contributed by atoms with Crippen LogP contribution in [0.3, 0.4) is 0 Å². The molecule has 0 aliphatic carbocycles. The Bertz CT molecular complexity index is 532. The van der Waals surface area contributed by atoms with Gasteiger partial charge in [-0.15, -0.1) is 23.1 Å². The minimum Gasteiger partial charge on any atom is -0.350 e. The Morgan fingerprint density at radius 2 is 2.00 bits per heavy atom. The van der Waals surface area contributed by atoms with Crippen molar-refractivity contribution in [3.05, 3.63) is 63.8 Å². The van der Waals surface area contributed by atoms with Crippen molar-refractivity contribution in [3.8, 4) is 0 Å². The molecule has 0 bridgehead atoms. The van der Waals surface area contributed by atoms with Crippen LogP contribution in [0.25, 0.3) is 0 Å². The fraction of sp³-hybridized carbons (Fsp3) is 0.0714. The number of thioether (sulfide) groups is 1. The minimum atomic E-state index is 0.0396. The van der Waals surface area contributed by atoms with E-state index in [-0.39, 0.29) is 5.78 Å². The van der Waals surface area contributed by atoms with E-state index in [1.165, 1.54) is 23.1 Å². The van der Waals surface area contributed by atoms with E-state index in [1.54, 1.807) is 6.08 Å². The first-order chi connectivity index (χ1) is 8.79. The first kappa shape index (κ1) is 12.9. The molecule has 0 aliphatic rings. The number of carbonyl (C=O) groups is 1. The molecule has 0 saturated heterocycles.